The number of hydrogen-bond donors (Lipinski definition) is 1. The molecule has 20 heavy (non-hydrogen) atoms. The quantitative estimate of drug-likeness (QED) is 0.663. The normalized spacial score (nSPS) is 10.6. The monoisotopic (exact) mass is 279 g/mol. The van der Waals surface area contributed by atoms with Gasteiger partial charge in [-0.15, -0.1) is 0 Å². The van der Waals surface area contributed by atoms with Crippen LogP contribution in [0.4, 0.5) is 4.39 Å². The molecule has 1 N–H and O–H groups in total. The molecule has 0 atom stereocenters. The third-order valence-corrected chi connectivity index (χ3v) is 3.60. The van der Waals surface area contributed by atoms with E-state index in [1.807, 2.05) is 0 Å². The number of halogens is 1. The lowest BCUT2D eigenvalue weighted by Gasteiger charge is -2.07. The first-order valence-corrected chi connectivity index (χ1v) is 7.70. The Hall–Kier alpha value is -1.38. The van der Waals surface area contributed by atoms with Gasteiger partial charge in [-0.05, 0) is 24.5 Å². The maximum absolute atomic E-state index is 14.1. The van der Waals surface area contributed by atoms with Crippen LogP contribution in [0.15, 0.2) is 18.2 Å². The van der Waals surface area contributed by atoms with Crippen LogP contribution < -0.4 is 5.32 Å². The van der Waals surface area contributed by atoms with Crippen molar-refractivity contribution in [3.05, 3.63) is 35.1 Å². The van der Waals surface area contributed by atoms with Gasteiger partial charge >= 0.3 is 0 Å². The molecule has 112 valence electrons. The number of amides is 1. The Morgan fingerprint density at radius 2 is 1.75 bits per heavy atom. The molecule has 0 heterocycles. The molecule has 2 nitrogen and oxygen atoms in total. The molecule has 0 aliphatic carbocycles. The SMILES string of the molecule is CCCCCCCCCc1cccc(C(=O)NC)c1F. The van der Waals surface area contributed by atoms with E-state index in [1.54, 1.807) is 12.1 Å². The highest BCUT2D eigenvalue weighted by Gasteiger charge is 2.12. The molecule has 0 saturated carbocycles. The molecular weight excluding hydrogens is 253 g/mol. The molecule has 0 bridgehead atoms. The third kappa shape index (κ3) is 5.32. The average Bonchev–Trinajstić information content (AvgIpc) is 2.47. The Morgan fingerprint density at radius 1 is 1.10 bits per heavy atom. The maximum atomic E-state index is 14.1. The number of unbranched alkanes of at least 4 members (excludes halogenated alkanes) is 6. The molecule has 1 aromatic carbocycles. The molecule has 0 radical (unpaired) electrons. The summed E-state index contributed by atoms with van der Waals surface area (Å²) < 4.78 is 14.1. The predicted molar refractivity (Wildman–Crippen MR) is 81.5 cm³/mol. The number of nitrogens with one attached hydrogen (secondary N) is 1. The lowest BCUT2D eigenvalue weighted by atomic mass is 10.0. The average molecular weight is 279 g/mol. The van der Waals surface area contributed by atoms with Crippen LogP contribution in [0.5, 0.6) is 0 Å². The summed E-state index contributed by atoms with van der Waals surface area (Å²) in [5.74, 6) is -0.721. The Bertz CT molecular complexity index is 417. The van der Waals surface area contributed by atoms with E-state index in [0.717, 1.165) is 12.8 Å². The number of carbonyl (C=O) groups is 1. The minimum Gasteiger partial charge on any atom is -0.355 e. The Balaban J connectivity index is 2.39. The fraction of sp³-hybridized carbons (Fsp3) is 0.588. The minimum absolute atomic E-state index is 0.146. The van der Waals surface area contributed by atoms with Crippen LogP contribution in [-0.4, -0.2) is 13.0 Å². The number of benzene rings is 1. The molecule has 3 heteroatoms. The Labute approximate surface area is 121 Å². The second-order valence-corrected chi connectivity index (χ2v) is 5.23. The summed E-state index contributed by atoms with van der Waals surface area (Å²) in [6.45, 7) is 2.21. The molecule has 1 rings (SSSR count). The van der Waals surface area contributed by atoms with E-state index in [-0.39, 0.29) is 17.3 Å². The van der Waals surface area contributed by atoms with E-state index < -0.39 is 0 Å². The lowest BCUT2D eigenvalue weighted by molar-refractivity contribution is 0.0959. The summed E-state index contributed by atoms with van der Waals surface area (Å²) in [5, 5.41) is 2.47. The van der Waals surface area contributed by atoms with Gasteiger partial charge in [0.05, 0.1) is 5.56 Å². The summed E-state index contributed by atoms with van der Waals surface area (Å²) >= 11 is 0. The second-order valence-electron chi connectivity index (χ2n) is 5.23. The van der Waals surface area contributed by atoms with Crippen molar-refractivity contribution >= 4 is 5.91 Å². The highest BCUT2D eigenvalue weighted by atomic mass is 19.1. The van der Waals surface area contributed by atoms with Crippen molar-refractivity contribution in [3.8, 4) is 0 Å². The van der Waals surface area contributed by atoms with Crippen molar-refractivity contribution in [2.75, 3.05) is 7.05 Å². The van der Waals surface area contributed by atoms with Gasteiger partial charge in [0.25, 0.3) is 5.91 Å². The number of rotatable bonds is 9. The molecule has 0 spiro atoms. The fourth-order valence-electron chi connectivity index (χ4n) is 2.36. The van der Waals surface area contributed by atoms with Gasteiger partial charge < -0.3 is 5.32 Å². The van der Waals surface area contributed by atoms with Gasteiger partial charge in [-0.1, -0.05) is 57.6 Å². The van der Waals surface area contributed by atoms with Gasteiger partial charge in [0.15, 0.2) is 0 Å². The zero-order valence-corrected chi connectivity index (χ0v) is 12.7. The van der Waals surface area contributed by atoms with Crippen LogP contribution in [0.25, 0.3) is 0 Å². The Morgan fingerprint density at radius 3 is 2.40 bits per heavy atom. The van der Waals surface area contributed by atoms with Crippen molar-refractivity contribution in [2.24, 2.45) is 0 Å². The molecule has 0 saturated heterocycles. The van der Waals surface area contributed by atoms with Crippen LogP contribution in [0.3, 0.4) is 0 Å². The largest absolute Gasteiger partial charge is 0.355 e. The zero-order valence-electron chi connectivity index (χ0n) is 12.7. The standard InChI is InChI=1S/C17H26FNO/c1-3-4-5-6-7-8-9-11-14-12-10-13-15(16(14)18)17(20)19-2/h10,12-13H,3-9,11H2,1-2H3,(H,19,20). The van der Waals surface area contributed by atoms with Gasteiger partial charge in [0.2, 0.25) is 0 Å². The molecule has 0 aliphatic heterocycles. The summed E-state index contributed by atoms with van der Waals surface area (Å²) in [6.07, 6.45) is 9.20. The van der Waals surface area contributed by atoms with E-state index >= 15 is 0 Å². The first-order valence-electron chi connectivity index (χ1n) is 7.70. The van der Waals surface area contributed by atoms with Crippen LogP contribution in [-0.2, 0) is 6.42 Å². The summed E-state index contributed by atoms with van der Waals surface area (Å²) in [4.78, 5) is 11.5. The van der Waals surface area contributed by atoms with E-state index in [1.165, 1.54) is 45.2 Å². The van der Waals surface area contributed by atoms with Crippen molar-refractivity contribution in [3.63, 3.8) is 0 Å². The van der Waals surface area contributed by atoms with Crippen molar-refractivity contribution < 1.29 is 9.18 Å². The first-order chi connectivity index (χ1) is 9.70. The van der Waals surface area contributed by atoms with Crippen molar-refractivity contribution in [1.29, 1.82) is 0 Å². The number of hydrogen-bond acceptors (Lipinski definition) is 1. The van der Waals surface area contributed by atoms with E-state index in [9.17, 15) is 9.18 Å². The third-order valence-electron chi connectivity index (χ3n) is 3.60. The molecule has 1 aromatic rings. The summed E-state index contributed by atoms with van der Waals surface area (Å²) in [5.41, 5.74) is 0.799. The van der Waals surface area contributed by atoms with Crippen LogP contribution in [0, 0.1) is 5.82 Å². The molecule has 0 unspecified atom stereocenters. The second kappa shape index (κ2) is 9.51. The Kier molecular flexibility index (Phi) is 7.93. The van der Waals surface area contributed by atoms with Crippen LogP contribution in [0.2, 0.25) is 0 Å². The summed E-state index contributed by atoms with van der Waals surface area (Å²) in [6, 6.07) is 5.06. The maximum Gasteiger partial charge on any atom is 0.254 e. The zero-order chi connectivity index (χ0) is 14.8. The van der Waals surface area contributed by atoms with Crippen LogP contribution >= 0.6 is 0 Å². The van der Waals surface area contributed by atoms with Crippen molar-refractivity contribution in [1.82, 2.24) is 5.32 Å². The van der Waals surface area contributed by atoms with Gasteiger partial charge in [-0.25, -0.2) is 4.39 Å². The minimum atomic E-state index is -0.363. The number of carbonyl (C=O) groups excluding carboxylic acids is 1. The molecule has 0 aliphatic rings. The van der Waals surface area contributed by atoms with Gasteiger partial charge in [0, 0.05) is 7.05 Å². The van der Waals surface area contributed by atoms with Gasteiger partial charge in [-0.3, -0.25) is 4.79 Å². The highest BCUT2D eigenvalue weighted by Crippen LogP contribution is 2.16. The fourth-order valence-corrected chi connectivity index (χ4v) is 2.36. The highest BCUT2D eigenvalue weighted by molar-refractivity contribution is 5.94. The van der Waals surface area contributed by atoms with Crippen LogP contribution in [0.1, 0.15) is 67.8 Å². The van der Waals surface area contributed by atoms with Gasteiger partial charge in [0.1, 0.15) is 5.82 Å². The lowest BCUT2D eigenvalue weighted by Crippen LogP contribution is -2.19. The van der Waals surface area contributed by atoms with E-state index in [2.05, 4.69) is 12.2 Å². The molecule has 0 aromatic heterocycles. The predicted octanol–water partition coefficient (Wildman–Crippen LogP) is 4.48. The molecular formula is C17H26FNO. The molecule has 0 fully saturated rings. The topological polar surface area (TPSA) is 29.1 Å². The first kappa shape index (κ1) is 16.7. The summed E-state index contributed by atoms with van der Waals surface area (Å²) in [7, 11) is 1.52. The van der Waals surface area contributed by atoms with Gasteiger partial charge in [-0.2, -0.15) is 0 Å². The smallest absolute Gasteiger partial charge is 0.254 e. The van der Waals surface area contributed by atoms with E-state index in [0.29, 0.717) is 12.0 Å². The molecule has 1 amide bonds. The van der Waals surface area contributed by atoms with Crippen molar-refractivity contribution in [2.45, 2.75) is 58.3 Å². The van der Waals surface area contributed by atoms with E-state index in [4.69, 9.17) is 0 Å². The number of aryl methyl sites for hydroxylation is 1.